The molecule has 2 aromatic rings. The number of halogens is 1. The van der Waals surface area contributed by atoms with Gasteiger partial charge in [-0.2, -0.15) is 0 Å². The first-order valence-electron chi connectivity index (χ1n) is 10.00. The molecule has 31 heavy (non-hydrogen) atoms. The molecular formula is C22H27ClN2O5S. The zero-order valence-corrected chi connectivity index (χ0v) is 19.4. The molecule has 0 spiro atoms. The number of esters is 1. The van der Waals surface area contributed by atoms with E-state index in [1.807, 2.05) is 6.92 Å². The standard InChI is InChI=1S/C22H27ClN2O5S/c1-4-6-14-30-22(27)16-10-12-18(13-11-16)24-21(26)20(5-2)25(31(3,28)29)19-9-7-8-17(23)15-19/h7-13,15,20H,4-6,14H2,1-3H3,(H,24,26)/t20-/m0/s1. The van der Waals surface area contributed by atoms with E-state index in [0.717, 1.165) is 23.4 Å². The first-order chi connectivity index (χ1) is 14.7. The van der Waals surface area contributed by atoms with E-state index < -0.39 is 27.9 Å². The highest BCUT2D eigenvalue weighted by Gasteiger charge is 2.31. The van der Waals surface area contributed by atoms with Crippen LogP contribution in [-0.4, -0.2) is 39.2 Å². The average molecular weight is 467 g/mol. The van der Waals surface area contributed by atoms with Gasteiger partial charge in [0.2, 0.25) is 15.9 Å². The second kappa shape index (κ2) is 11.2. The van der Waals surface area contributed by atoms with Crippen LogP contribution in [0.3, 0.4) is 0 Å². The minimum Gasteiger partial charge on any atom is -0.462 e. The second-order valence-electron chi connectivity index (χ2n) is 7.02. The van der Waals surface area contributed by atoms with Crippen LogP contribution in [0.2, 0.25) is 5.02 Å². The number of hydrogen-bond acceptors (Lipinski definition) is 5. The average Bonchev–Trinajstić information content (AvgIpc) is 2.71. The lowest BCUT2D eigenvalue weighted by Gasteiger charge is -2.30. The Bertz CT molecular complexity index is 1010. The summed E-state index contributed by atoms with van der Waals surface area (Å²) in [4.78, 5) is 24.9. The fraction of sp³-hybridized carbons (Fsp3) is 0.364. The fourth-order valence-electron chi connectivity index (χ4n) is 2.98. The Balaban J connectivity index is 2.18. The van der Waals surface area contributed by atoms with Crippen LogP contribution in [0.25, 0.3) is 0 Å². The number of amides is 1. The molecule has 2 aromatic carbocycles. The first-order valence-corrected chi connectivity index (χ1v) is 12.2. The molecule has 1 N–H and O–H groups in total. The van der Waals surface area contributed by atoms with Gasteiger partial charge in [0.25, 0.3) is 0 Å². The molecule has 9 heteroatoms. The lowest BCUT2D eigenvalue weighted by Crippen LogP contribution is -2.47. The molecule has 0 aliphatic carbocycles. The summed E-state index contributed by atoms with van der Waals surface area (Å²) in [6.45, 7) is 4.09. The van der Waals surface area contributed by atoms with Gasteiger partial charge in [-0.05, 0) is 55.3 Å². The summed E-state index contributed by atoms with van der Waals surface area (Å²) in [5.74, 6) is -0.923. The molecule has 168 valence electrons. The summed E-state index contributed by atoms with van der Waals surface area (Å²) >= 11 is 6.02. The van der Waals surface area contributed by atoms with Crippen molar-refractivity contribution in [2.24, 2.45) is 0 Å². The van der Waals surface area contributed by atoms with E-state index in [2.05, 4.69) is 5.32 Å². The second-order valence-corrected chi connectivity index (χ2v) is 9.31. The third-order valence-electron chi connectivity index (χ3n) is 4.51. The van der Waals surface area contributed by atoms with E-state index in [4.69, 9.17) is 16.3 Å². The van der Waals surface area contributed by atoms with Gasteiger partial charge in [0.15, 0.2) is 0 Å². The van der Waals surface area contributed by atoms with E-state index in [0.29, 0.717) is 28.6 Å². The molecule has 7 nitrogen and oxygen atoms in total. The smallest absolute Gasteiger partial charge is 0.338 e. The molecule has 1 atom stereocenters. The van der Waals surface area contributed by atoms with Gasteiger partial charge in [-0.3, -0.25) is 9.10 Å². The molecule has 0 aliphatic rings. The molecule has 0 saturated carbocycles. The Kier molecular flexibility index (Phi) is 8.88. The molecule has 0 saturated heterocycles. The van der Waals surface area contributed by atoms with Crippen molar-refractivity contribution in [1.29, 1.82) is 0 Å². The largest absolute Gasteiger partial charge is 0.462 e. The van der Waals surface area contributed by atoms with Crippen LogP contribution >= 0.6 is 11.6 Å². The van der Waals surface area contributed by atoms with Crippen molar-refractivity contribution in [2.75, 3.05) is 22.5 Å². The highest BCUT2D eigenvalue weighted by atomic mass is 35.5. The number of rotatable bonds is 10. The van der Waals surface area contributed by atoms with Gasteiger partial charge in [0, 0.05) is 10.7 Å². The lowest BCUT2D eigenvalue weighted by atomic mass is 10.1. The number of unbranched alkanes of at least 4 members (excludes halogenated alkanes) is 1. The number of anilines is 2. The maximum Gasteiger partial charge on any atom is 0.338 e. The summed E-state index contributed by atoms with van der Waals surface area (Å²) in [6.07, 6.45) is 3.01. The Hall–Kier alpha value is -2.58. The summed E-state index contributed by atoms with van der Waals surface area (Å²) in [5.41, 5.74) is 1.12. The fourth-order valence-corrected chi connectivity index (χ4v) is 4.37. The van der Waals surface area contributed by atoms with Crippen molar-refractivity contribution >= 4 is 44.9 Å². The Labute approximate surface area is 188 Å². The van der Waals surface area contributed by atoms with Crippen molar-refractivity contribution in [3.8, 4) is 0 Å². The van der Waals surface area contributed by atoms with Crippen LogP contribution in [0.15, 0.2) is 48.5 Å². The molecule has 2 rings (SSSR count). The molecule has 0 unspecified atom stereocenters. The number of ether oxygens (including phenoxy) is 1. The number of carbonyl (C=O) groups excluding carboxylic acids is 2. The molecule has 0 fully saturated rings. The van der Waals surface area contributed by atoms with Gasteiger partial charge in [0.05, 0.1) is 24.1 Å². The van der Waals surface area contributed by atoms with E-state index in [-0.39, 0.29) is 6.42 Å². The first kappa shape index (κ1) is 24.7. The summed E-state index contributed by atoms with van der Waals surface area (Å²) in [5, 5.41) is 3.08. The van der Waals surface area contributed by atoms with E-state index in [1.165, 1.54) is 6.07 Å². The predicted molar refractivity (Wildman–Crippen MR) is 123 cm³/mol. The monoisotopic (exact) mass is 466 g/mol. The lowest BCUT2D eigenvalue weighted by molar-refractivity contribution is -0.117. The highest BCUT2D eigenvalue weighted by molar-refractivity contribution is 7.92. The van der Waals surface area contributed by atoms with Crippen LogP contribution in [0.5, 0.6) is 0 Å². The van der Waals surface area contributed by atoms with Crippen molar-refractivity contribution in [3.05, 3.63) is 59.1 Å². The van der Waals surface area contributed by atoms with Crippen LogP contribution in [0.4, 0.5) is 11.4 Å². The van der Waals surface area contributed by atoms with Gasteiger partial charge >= 0.3 is 5.97 Å². The minimum atomic E-state index is -3.76. The number of benzene rings is 2. The number of nitrogens with one attached hydrogen (secondary N) is 1. The molecular weight excluding hydrogens is 440 g/mol. The predicted octanol–water partition coefficient (Wildman–Crippen LogP) is 4.48. The quantitative estimate of drug-likeness (QED) is 0.411. The summed E-state index contributed by atoms with van der Waals surface area (Å²) in [6, 6.07) is 11.6. The molecule has 0 bridgehead atoms. The third-order valence-corrected chi connectivity index (χ3v) is 5.93. The van der Waals surface area contributed by atoms with E-state index in [1.54, 1.807) is 49.4 Å². The van der Waals surface area contributed by atoms with Crippen LogP contribution in [0, 0.1) is 0 Å². The zero-order valence-electron chi connectivity index (χ0n) is 17.8. The van der Waals surface area contributed by atoms with Crippen LogP contribution in [-0.2, 0) is 19.6 Å². The molecule has 0 aromatic heterocycles. The number of nitrogens with zero attached hydrogens (tertiary/aromatic N) is 1. The zero-order chi connectivity index (χ0) is 23.0. The van der Waals surface area contributed by atoms with Gasteiger partial charge < -0.3 is 10.1 Å². The number of sulfonamides is 1. The Morgan fingerprint density at radius 1 is 1.13 bits per heavy atom. The van der Waals surface area contributed by atoms with Gasteiger partial charge in [-0.1, -0.05) is 37.9 Å². The normalized spacial score (nSPS) is 12.1. The summed E-state index contributed by atoms with van der Waals surface area (Å²) in [7, 11) is -3.76. The van der Waals surface area contributed by atoms with Gasteiger partial charge in [-0.15, -0.1) is 0 Å². The highest BCUT2D eigenvalue weighted by Crippen LogP contribution is 2.26. The maximum absolute atomic E-state index is 12.9. The van der Waals surface area contributed by atoms with Crippen molar-refractivity contribution in [3.63, 3.8) is 0 Å². The topological polar surface area (TPSA) is 92.8 Å². The maximum atomic E-state index is 12.9. The third kappa shape index (κ3) is 6.97. The van der Waals surface area contributed by atoms with Gasteiger partial charge in [-0.25, -0.2) is 13.2 Å². The summed E-state index contributed by atoms with van der Waals surface area (Å²) < 4.78 is 31.2. The molecule has 1 amide bonds. The van der Waals surface area contributed by atoms with Gasteiger partial charge in [0.1, 0.15) is 6.04 Å². The number of carbonyl (C=O) groups is 2. The van der Waals surface area contributed by atoms with E-state index in [9.17, 15) is 18.0 Å². The minimum absolute atomic E-state index is 0.243. The Morgan fingerprint density at radius 3 is 2.35 bits per heavy atom. The van der Waals surface area contributed by atoms with Crippen molar-refractivity contribution in [2.45, 2.75) is 39.2 Å². The molecule has 0 heterocycles. The van der Waals surface area contributed by atoms with Crippen molar-refractivity contribution < 1.29 is 22.7 Å². The molecule has 0 radical (unpaired) electrons. The number of hydrogen-bond donors (Lipinski definition) is 1. The SMILES string of the molecule is CCCCOC(=O)c1ccc(NC(=O)[C@H](CC)N(c2cccc(Cl)c2)S(C)(=O)=O)cc1. The Morgan fingerprint density at radius 2 is 1.81 bits per heavy atom. The van der Waals surface area contributed by atoms with Crippen molar-refractivity contribution in [1.82, 2.24) is 0 Å². The van der Waals surface area contributed by atoms with Crippen LogP contribution < -0.4 is 9.62 Å². The molecule has 0 aliphatic heterocycles. The van der Waals surface area contributed by atoms with E-state index >= 15 is 0 Å². The van der Waals surface area contributed by atoms with Crippen LogP contribution in [0.1, 0.15) is 43.5 Å².